The van der Waals surface area contributed by atoms with E-state index in [1.807, 2.05) is 36.4 Å². The number of carbonyl (C=O) groups excluding carboxylic acids is 2. The molecule has 0 radical (unpaired) electrons. The lowest BCUT2D eigenvalue weighted by molar-refractivity contribution is -0.123. The summed E-state index contributed by atoms with van der Waals surface area (Å²) in [4.78, 5) is 26.7. The molecule has 0 unspecified atom stereocenters. The van der Waals surface area contributed by atoms with E-state index in [9.17, 15) is 9.59 Å². The summed E-state index contributed by atoms with van der Waals surface area (Å²) in [7, 11) is 0. The second-order valence-electron chi connectivity index (χ2n) is 6.95. The molecule has 4 rings (SSSR count). The van der Waals surface area contributed by atoms with Gasteiger partial charge in [-0.3, -0.25) is 14.5 Å². The van der Waals surface area contributed by atoms with Gasteiger partial charge in [-0.25, -0.2) is 0 Å². The van der Waals surface area contributed by atoms with Gasteiger partial charge in [0.25, 0.3) is 11.1 Å². The molecule has 2 amide bonds. The third-order valence-corrected chi connectivity index (χ3v) is 6.89. The van der Waals surface area contributed by atoms with Crippen molar-refractivity contribution in [1.82, 2.24) is 4.90 Å². The number of imide groups is 1. The fraction of sp³-hybridized carbons (Fsp3) is 0.0833. The summed E-state index contributed by atoms with van der Waals surface area (Å²) in [6.45, 7) is 0.486. The first-order valence-corrected chi connectivity index (χ1v) is 11.9. The van der Waals surface area contributed by atoms with Crippen LogP contribution in [0.1, 0.15) is 16.7 Å². The van der Waals surface area contributed by atoms with Crippen LogP contribution in [0, 0.1) is 0 Å². The lowest BCUT2D eigenvalue weighted by atomic mass is 10.2. The Hall–Kier alpha value is -2.25. The van der Waals surface area contributed by atoms with Crippen molar-refractivity contribution in [3.8, 4) is 5.75 Å². The summed E-state index contributed by atoms with van der Waals surface area (Å²) >= 11 is 16.7. The van der Waals surface area contributed by atoms with Gasteiger partial charge in [0.1, 0.15) is 12.4 Å². The van der Waals surface area contributed by atoms with E-state index in [1.54, 1.807) is 36.4 Å². The zero-order valence-corrected chi connectivity index (χ0v) is 20.5. The summed E-state index contributed by atoms with van der Waals surface area (Å²) < 4.78 is 6.72. The number of rotatable bonds is 6. The molecule has 0 spiro atoms. The number of halogens is 3. The van der Waals surface area contributed by atoms with Gasteiger partial charge < -0.3 is 4.74 Å². The van der Waals surface area contributed by atoms with Gasteiger partial charge in [0.05, 0.1) is 11.4 Å². The normalized spacial score (nSPS) is 15.0. The highest BCUT2D eigenvalue weighted by Crippen LogP contribution is 2.34. The molecule has 1 heterocycles. The number of benzene rings is 3. The second kappa shape index (κ2) is 10.1. The van der Waals surface area contributed by atoms with Crippen LogP contribution in [0.4, 0.5) is 4.79 Å². The highest BCUT2D eigenvalue weighted by atomic mass is 79.9. The molecule has 0 N–H and O–H groups in total. The van der Waals surface area contributed by atoms with Crippen molar-refractivity contribution in [2.75, 3.05) is 0 Å². The van der Waals surface area contributed by atoms with Crippen molar-refractivity contribution >= 4 is 68.1 Å². The summed E-state index contributed by atoms with van der Waals surface area (Å²) in [5, 5.41) is 0.821. The smallest absolute Gasteiger partial charge is 0.293 e. The van der Waals surface area contributed by atoms with E-state index >= 15 is 0 Å². The minimum Gasteiger partial charge on any atom is -0.489 e. The Morgan fingerprint density at radius 2 is 1.59 bits per heavy atom. The third kappa shape index (κ3) is 5.38. The Kier molecular flexibility index (Phi) is 7.26. The van der Waals surface area contributed by atoms with E-state index in [-0.39, 0.29) is 24.3 Å². The molecule has 1 saturated heterocycles. The predicted octanol–water partition coefficient (Wildman–Crippen LogP) is 7.57. The number of carbonyl (C=O) groups is 2. The van der Waals surface area contributed by atoms with E-state index in [0.29, 0.717) is 20.7 Å². The van der Waals surface area contributed by atoms with Crippen LogP contribution in [0.5, 0.6) is 5.75 Å². The van der Waals surface area contributed by atoms with Gasteiger partial charge in [0, 0.05) is 20.1 Å². The van der Waals surface area contributed by atoms with Crippen LogP contribution in [0.2, 0.25) is 10.0 Å². The van der Waals surface area contributed by atoms with Gasteiger partial charge >= 0.3 is 0 Å². The molecule has 162 valence electrons. The van der Waals surface area contributed by atoms with E-state index < -0.39 is 0 Å². The minimum absolute atomic E-state index is 0.243. The molecule has 0 bridgehead atoms. The lowest BCUT2D eigenvalue weighted by Crippen LogP contribution is -2.27. The number of ether oxygens (including phenoxy) is 1. The number of amides is 2. The average Bonchev–Trinajstić information content (AvgIpc) is 3.03. The Bertz CT molecular complexity index is 1180. The van der Waals surface area contributed by atoms with E-state index in [4.69, 9.17) is 27.9 Å². The number of hydrogen-bond donors (Lipinski definition) is 0. The van der Waals surface area contributed by atoms with Crippen molar-refractivity contribution in [1.29, 1.82) is 0 Å². The molecule has 4 nitrogen and oxygen atoms in total. The van der Waals surface area contributed by atoms with Crippen LogP contribution in [-0.4, -0.2) is 16.0 Å². The van der Waals surface area contributed by atoms with Crippen LogP contribution < -0.4 is 4.74 Å². The zero-order valence-electron chi connectivity index (χ0n) is 16.6. The fourth-order valence-electron chi connectivity index (χ4n) is 3.05. The van der Waals surface area contributed by atoms with Gasteiger partial charge in [-0.1, -0.05) is 69.5 Å². The molecule has 3 aromatic rings. The first kappa shape index (κ1) is 22.9. The molecule has 1 aliphatic heterocycles. The Labute approximate surface area is 208 Å². The van der Waals surface area contributed by atoms with E-state index in [0.717, 1.165) is 32.9 Å². The molecule has 0 aliphatic carbocycles. The molecule has 0 saturated carbocycles. The summed E-state index contributed by atoms with van der Waals surface area (Å²) in [5.41, 5.74) is 2.40. The molecule has 0 aromatic heterocycles. The van der Waals surface area contributed by atoms with Crippen molar-refractivity contribution in [3.05, 3.63) is 103 Å². The number of nitrogens with zero attached hydrogens (tertiary/aromatic N) is 1. The molecular weight excluding hydrogens is 533 g/mol. The first-order valence-electron chi connectivity index (χ1n) is 9.56. The van der Waals surface area contributed by atoms with Gasteiger partial charge in [0.15, 0.2) is 0 Å². The van der Waals surface area contributed by atoms with Crippen molar-refractivity contribution in [3.63, 3.8) is 0 Å². The maximum Gasteiger partial charge on any atom is 0.293 e. The first-order chi connectivity index (χ1) is 15.4. The molecule has 0 atom stereocenters. The Morgan fingerprint density at radius 1 is 0.938 bits per heavy atom. The molecule has 32 heavy (non-hydrogen) atoms. The van der Waals surface area contributed by atoms with Crippen LogP contribution in [0.15, 0.2) is 76.1 Å². The standard InChI is InChI=1S/C24H16BrCl2NO3S/c25-17-8-4-16(5-9-17)13-28-23(29)22(32-24(28)30)12-15-6-10-18(11-7-15)31-14-19-20(26)2-1-3-21(19)27/h1-12H,13-14H2/b22-12-. The second-order valence-corrected chi connectivity index (χ2v) is 9.68. The molecule has 3 aromatic carbocycles. The van der Waals surface area contributed by atoms with Crippen LogP contribution in [0.3, 0.4) is 0 Å². The third-order valence-electron chi connectivity index (χ3n) is 4.75. The van der Waals surface area contributed by atoms with E-state index in [1.165, 1.54) is 4.90 Å². The molecule has 1 fully saturated rings. The highest BCUT2D eigenvalue weighted by molar-refractivity contribution is 9.10. The highest BCUT2D eigenvalue weighted by Gasteiger charge is 2.34. The van der Waals surface area contributed by atoms with Crippen molar-refractivity contribution in [2.24, 2.45) is 0 Å². The van der Waals surface area contributed by atoms with Crippen LogP contribution in [-0.2, 0) is 17.9 Å². The van der Waals surface area contributed by atoms with Gasteiger partial charge in [0.2, 0.25) is 0 Å². The minimum atomic E-state index is -0.295. The van der Waals surface area contributed by atoms with Gasteiger partial charge in [-0.05, 0) is 65.4 Å². The number of hydrogen-bond acceptors (Lipinski definition) is 4. The monoisotopic (exact) mass is 547 g/mol. The zero-order chi connectivity index (χ0) is 22.7. The van der Waals surface area contributed by atoms with Crippen molar-refractivity contribution in [2.45, 2.75) is 13.2 Å². The fourth-order valence-corrected chi connectivity index (χ4v) is 4.66. The molecule has 1 aliphatic rings. The molecule has 8 heteroatoms. The summed E-state index contributed by atoms with van der Waals surface area (Å²) in [6, 6.07) is 20.1. The summed E-state index contributed by atoms with van der Waals surface area (Å²) in [6.07, 6.45) is 1.71. The maximum absolute atomic E-state index is 12.7. The van der Waals surface area contributed by atoms with Crippen LogP contribution in [0.25, 0.3) is 6.08 Å². The van der Waals surface area contributed by atoms with Crippen LogP contribution >= 0.6 is 50.9 Å². The Balaban J connectivity index is 1.42. The van der Waals surface area contributed by atoms with Gasteiger partial charge in [-0.15, -0.1) is 0 Å². The maximum atomic E-state index is 12.7. The largest absolute Gasteiger partial charge is 0.489 e. The lowest BCUT2D eigenvalue weighted by Gasteiger charge is -2.12. The quantitative estimate of drug-likeness (QED) is 0.298. The average molecular weight is 549 g/mol. The predicted molar refractivity (Wildman–Crippen MR) is 133 cm³/mol. The number of thioether (sulfide) groups is 1. The Morgan fingerprint density at radius 3 is 2.25 bits per heavy atom. The SMILES string of the molecule is O=C1S/C(=C\c2ccc(OCc3c(Cl)cccc3Cl)cc2)C(=O)N1Cc1ccc(Br)cc1. The van der Waals surface area contributed by atoms with E-state index in [2.05, 4.69) is 15.9 Å². The topological polar surface area (TPSA) is 46.6 Å². The summed E-state index contributed by atoms with van der Waals surface area (Å²) in [5.74, 6) is 0.345. The van der Waals surface area contributed by atoms with Crippen molar-refractivity contribution < 1.29 is 14.3 Å². The molecular formula is C24H16BrCl2NO3S. The van der Waals surface area contributed by atoms with Gasteiger partial charge in [-0.2, -0.15) is 0 Å².